The van der Waals surface area contributed by atoms with E-state index in [4.69, 9.17) is 0 Å². The summed E-state index contributed by atoms with van der Waals surface area (Å²) < 4.78 is 0. The summed E-state index contributed by atoms with van der Waals surface area (Å²) in [7, 11) is 0. The van der Waals surface area contributed by atoms with Gasteiger partial charge < -0.3 is 5.43 Å². The topological polar surface area (TPSA) is 24.4 Å². The van der Waals surface area contributed by atoms with Gasteiger partial charge in [-0.1, -0.05) is 43.3 Å². The molecule has 0 fully saturated rings. The van der Waals surface area contributed by atoms with Crippen molar-refractivity contribution >= 4 is 5.71 Å². The Morgan fingerprint density at radius 3 is 2.71 bits per heavy atom. The maximum atomic E-state index is 4.30. The summed E-state index contributed by atoms with van der Waals surface area (Å²) in [4.78, 5) is 0. The first kappa shape index (κ1) is 10.5. The Labute approximate surface area is 85.3 Å². The molecule has 0 heterocycles. The van der Waals surface area contributed by atoms with Gasteiger partial charge in [0.2, 0.25) is 0 Å². The van der Waals surface area contributed by atoms with Crippen LogP contribution in [0.3, 0.4) is 0 Å². The Kier molecular flexibility index (Phi) is 4.48. The van der Waals surface area contributed by atoms with Crippen LogP contribution in [0.4, 0.5) is 0 Å². The lowest BCUT2D eigenvalue weighted by atomic mass is 10.1. The predicted octanol–water partition coefficient (Wildman–Crippen LogP) is 2.58. The maximum absolute atomic E-state index is 4.30. The third-order valence-electron chi connectivity index (χ3n) is 1.89. The van der Waals surface area contributed by atoms with Crippen LogP contribution >= 0.6 is 0 Å². The molecule has 1 aromatic carbocycles. The van der Waals surface area contributed by atoms with Gasteiger partial charge in [0.05, 0.1) is 12.3 Å². The Morgan fingerprint density at radius 1 is 1.43 bits per heavy atom. The largest absolute Gasteiger partial charge is 0.306 e. The SMILES string of the molecule is C=CCN/N=C(\CC)c1ccccc1. The predicted molar refractivity (Wildman–Crippen MR) is 61.5 cm³/mol. The molecule has 2 nitrogen and oxygen atoms in total. The molecular formula is C12H16N2. The monoisotopic (exact) mass is 188 g/mol. The molecule has 1 N–H and O–H groups in total. The lowest BCUT2D eigenvalue weighted by molar-refractivity contribution is 0.821. The smallest absolute Gasteiger partial charge is 0.0672 e. The zero-order valence-electron chi connectivity index (χ0n) is 8.53. The summed E-state index contributed by atoms with van der Waals surface area (Å²) in [6.07, 6.45) is 2.72. The lowest BCUT2D eigenvalue weighted by Gasteiger charge is -2.03. The van der Waals surface area contributed by atoms with Crippen LogP contribution in [0.5, 0.6) is 0 Å². The molecule has 0 aliphatic heterocycles. The van der Waals surface area contributed by atoms with Gasteiger partial charge in [-0.3, -0.25) is 0 Å². The fourth-order valence-electron chi connectivity index (χ4n) is 1.18. The molecular weight excluding hydrogens is 172 g/mol. The van der Waals surface area contributed by atoms with Crippen LogP contribution in [-0.4, -0.2) is 12.3 Å². The van der Waals surface area contributed by atoms with E-state index in [-0.39, 0.29) is 0 Å². The maximum Gasteiger partial charge on any atom is 0.0672 e. The second kappa shape index (κ2) is 5.97. The molecule has 0 aliphatic rings. The molecule has 0 saturated carbocycles. The van der Waals surface area contributed by atoms with Crippen molar-refractivity contribution in [3.63, 3.8) is 0 Å². The average Bonchev–Trinajstić information content (AvgIpc) is 2.26. The highest BCUT2D eigenvalue weighted by atomic mass is 15.3. The lowest BCUT2D eigenvalue weighted by Crippen LogP contribution is -2.10. The summed E-state index contributed by atoms with van der Waals surface area (Å²) in [5.74, 6) is 0. The summed E-state index contributed by atoms with van der Waals surface area (Å²) >= 11 is 0. The molecule has 0 atom stereocenters. The minimum absolute atomic E-state index is 0.705. The van der Waals surface area contributed by atoms with Gasteiger partial charge in [0.25, 0.3) is 0 Å². The van der Waals surface area contributed by atoms with E-state index in [0.717, 1.165) is 12.1 Å². The summed E-state index contributed by atoms with van der Waals surface area (Å²) in [6, 6.07) is 10.2. The van der Waals surface area contributed by atoms with Gasteiger partial charge >= 0.3 is 0 Å². The van der Waals surface area contributed by atoms with Crippen molar-refractivity contribution in [3.05, 3.63) is 48.6 Å². The highest BCUT2D eigenvalue weighted by Gasteiger charge is 1.98. The van der Waals surface area contributed by atoms with Crippen LogP contribution in [0.2, 0.25) is 0 Å². The van der Waals surface area contributed by atoms with Crippen LogP contribution in [0.15, 0.2) is 48.1 Å². The van der Waals surface area contributed by atoms with Crippen molar-refractivity contribution in [2.75, 3.05) is 6.54 Å². The summed E-state index contributed by atoms with van der Waals surface area (Å²) in [5.41, 5.74) is 5.20. The van der Waals surface area contributed by atoms with E-state index in [2.05, 4.69) is 36.2 Å². The van der Waals surface area contributed by atoms with E-state index in [1.165, 1.54) is 5.56 Å². The van der Waals surface area contributed by atoms with Crippen molar-refractivity contribution in [3.8, 4) is 0 Å². The molecule has 1 rings (SSSR count). The van der Waals surface area contributed by atoms with E-state index in [1.807, 2.05) is 18.2 Å². The minimum atomic E-state index is 0.705. The van der Waals surface area contributed by atoms with Gasteiger partial charge in [-0.05, 0) is 12.0 Å². The average molecular weight is 188 g/mol. The fraction of sp³-hybridized carbons (Fsp3) is 0.250. The van der Waals surface area contributed by atoms with Gasteiger partial charge in [-0.25, -0.2) is 0 Å². The molecule has 74 valence electrons. The molecule has 2 heteroatoms. The first-order valence-corrected chi connectivity index (χ1v) is 4.84. The van der Waals surface area contributed by atoms with E-state index in [0.29, 0.717) is 6.54 Å². The van der Waals surface area contributed by atoms with Crippen LogP contribution < -0.4 is 5.43 Å². The first-order valence-electron chi connectivity index (χ1n) is 4.84. The van der Waals surface area contributed by atoms with Gasteiger partial charge in [0.1, 0.15) is 0 Å². The Bertz CT molecular complexity index is 301. The zero-order chi connectivity index (χ0) is 10.2. The normalized spacial score (nSPS) is 11.1. The van der Waals surface area contributed by atoms with Crippen LogP contribution in [0, 0.1) is 0 Å². The third kappa shape index (κ3) is 3.05. The second-order valence-electron chi connectivity index (χ2n) is 2.93. The molecule has 0 amide bonds. The Morgan fingerprint density at radius 2 is 2.14 bits per heavy atom. The van der Waals surface area contributed by atoms with Gasteiger partial charge in [0.15, 0.2) is 0 Å². The molecule has 0 saturated heterocycles. The number of hydrogen-bond donors (Lipinski definition) is 1. The van der Waals surface area contributed by atoms with Gasteiger partial charge in [0, 0.05) is 0 Å². The molecule has 0 bridgehead atoms. The van der Waals surface area contributed by atoms with Gasteiger partial charge in [-0.15, -0.1) is 6.58 Å². The van der Waals surface area contributed by atoms with E-state index < -0.39 is 0 Å². The minimum Gasteiger partial charge on any atom is -0.306 e. The molecule has 0 radical (unpaired) electrons. The Hall–Kier alpha value is -1.57. The second-order valence-corrected chi connectivity index (χ2v) is 2.93. The highest BCUT2D eigenvalue weighted by molar-refractivity contribution is 6.00. The van der Waals surface area contributed by atoms with Crippen molar-refractivity contribution in [2.45, 2.75) is 13.3 Å². The van der Waals surface area contributed by atoms with Crippen LogP contribution in [0.1, 0.15) is 18.9 Å². The van der Waals surface area contributed by atoms with Crippen LogP contribution in [-0.2, 0) is 0 Å². The fourth-order valence-corrected chi connectivity index (χ4v) is 1.18. The highest BCUT2D eigenvalue weighted by Crippen LogP contribution is 2.03. The molecule has 0 aromatic heterocycles. The third-order valence-corrected chi connectivity index (χ3v) is 1.89. The summed E-state index contributed by atoms with van der Waals surface area (Å²) in [6.45, 7) is 6.43. The number of nitrogens with zero attached hydrogens (tertiary/aromatic N) is 1. The number of hydrogen-bond acceptors (Lipinski definition) is 2. The zero-order valence-corrected chi connectivity index (χ0v) is 8.53. The van der Waals surface area contributed by atoms with Crippen molar-refractivity contribution in [1.82, 2.24) is 5.43 Å². The molecule has 14 heavy (non-hydrogen) atoms. The molecule has 0 unspecified atom stereocenters. The first-order chi connectivity index (χ1) is 6.88. The standard InChI is InChI=1S/C12H16N2/c1-3-10-13-14-12(4-2)11-8-6-5-7-9-11/h3,5-9,13H,1,4,10H2,2H3/b14-12+. The van der Waals surface area contributed by atoms with Crippen molar-refractivity contribution in [2.24, 2.45) is 5.10 Å². The quantitative estimate of drug-likeness (QED) is 0.326. The number of rotatable bonds is 5. The number of benzene rings is 1. The van der Waals surface area contributed by atoms with E-state index in [1.54, 1.807) is 6.08 Å². The number of nitrogens with one attached hydrogen (secondary N) is 1. The van der Waals surface area contributed by atoms with E-state index >= 15 is 0 Å². The van der Waals surface area contributed by atoms with Gasteiger partial charge in [-0.2, -0.15) is 5.10 Å². The van der Waals surface area contributed by atoms with Crippen molar-refractivity contribution in [1.29, 1.82) is 0 Å². The Balaban J connectivity index is 2.71. The molecule has 0 spiro atoms. The van der Waals surface area contributed by atoms with Crippen molar-refractivity contribution < 1.29 is 0 Å². The number of hydrazone groups is 1. The molecule has 0 aliphatic carbocycles. The van der Waals surface area contributed by atoms with E-state index in [9.17, 15) is 0 Å². The molecule has 1 aromatic rings. The summed E-state index contributed by atoms with van der Waals surface area (Å²) in [5, 5.41) is 4.30. The van der Waals surface area contributed by atoms with Crippen LogP contribution in [0.25, 0.3) is 0 Å².